The predicted octanol–water partition coefficient (Wildman–Crippen LogP) is 2.95. The van der Waals surface area contributed by atoms with Crippen LogP contribution in [-0.4, -0.2) is 14.2 Å². The van der Waals surface area contributed by atoms with Gasteiger partial charge in [-0.25, -0.2) is 8.42 Å². The van der Waals surface area contributed by atoms with Crippen LogP contribution in [0.1, 0.15) is 17.9 Å². The molecule has 1 aromatic rings. The van der Waals surface area contributed by atoms with E-state index in [4.69, 9.17) is 11.6 Å². The molecule has 1 rings (SSSR count). The standard InChI is InChI=1S/C9H10ClF2NO2S/c1-6(10)7-4-2-3-5-8(7)13-16(14,15)9(11)12/h2-6,9,13H,1H3. The first-order valence-electron chi connectivity index (χ1n) is 4.37. The predicted molar refractivity (Wildman–Crippen MR) is 59.3 cm³/mol. The van der Waals surface area contributed by atoms with E-state index in [0.29, 0.717) is 5.56 Å². The number of alkyl halides is 3. The molecule has 1 aromatic carbocycles. The van der Waals surface area contributed by atoms with Crippen LogP contribution in [0.4, 0.5) is 14.5 Å². The second kappa shape index (κ2) is 4.97. The first-order valence-corrected chi connectivity index (χ1v) is 6.35. The van der Waals surface area contributed by atoms with Gasteiger partial charge in [0.2, 0.25) is 0 Å². The van der Waals surface area contributed by atoms with Crippen LogP contribution in [0, 0.1) is 0 Å². The average Bonchev–Trinajstić information content (AvgIpc) is 2.17. The Labute approximate surface area is 97.5 Å². The number of para-hydroxylation sites is 1. The number of rotatable bonds is 4. The van der Waals surface area contributed by atoms with Gasteiger partial charge in [0.15, 0.2) is 0 Å². The van der Waals surface area contributed by atoms with Gasteiger partial charge in [0.25, 0.3) is 10.0 Å². The Morgan fingerprint density at radius 3 is 2.38 bits per heavy atom. The maximum Gasteiger partial charge on any atom is 0.355 e. The summed E-state index contributed by atoms with van der Waals surface area (Å²) in [6, 6.07) is 6.13. The van der Waals surface area contributed by atoms with Crippen LogP contribution in [0.2, 0.25) is 0 Å². The lowest BCUT2D eigenvalue weighted by Crippen LogP contribution is -2.21. The summed E-state index contributed by atoms with van der Waals surface area (Å²) in [5, 5.41) is -0.475. The van der Waals surface area contributed by atoms with Crippen molar-refractivity contribution in [1.29, 1.82) is 0 Å². The molecule has 0 radical (unpaired) electrons. The molecular weight excluding hydrogens is 260 g/mol. The first-order chi connectivity index (χ1) is 7.34. The molecule has 1 N–H and O–H groups in total. The Morgan fingerprint density at radius 2 is 1.88 bits per heavy atom. The highest BCUT2D eigenvalue weighted by Gasteiger charge is 2.24. The van der Waals surface area contributed by atoms with E-state index < -0.39 is 21.2 Å². The minimum atomic E-state index is -4.65. The summed E-state index contributed by atoms with van der Waals surface area (Å²) in [6.07, 6.45) is 0. The van der Waals surface area contributed by atoms with Gasteiger partial charge in [-0.1, -0.05) is 18.2 Å². The molecule has 1 atom stereocenters. The summed E-state index contributed by atoms with van der Waals surface area (Å²) < 4.78 is 48.0. The zero-order valence-electron chi connectivity index (χ0n) is 8.32. The van der Waals surface area contributed by atoms with Gasteiger partial charge in [-0.3, -0.25) is 4.72 Å². The van der Waals surface area contributed by atoms with Gasteiger partial charge in [-0.2, -0.15) is 8.78 Å². The Balaban J connectivity index is 3.07. The summed E-state index contributed by atoms with van der Waals surface area (Å²) in [4.78, 5) is 0. The first kappa shape index (κ1) is 13.2. The fraction of sp³-hybridized carbons (Fsp3) is 0.333. The van der Waals surface area contributed by atoms with Gasteiger partial charge in [-0.05, 0) is 18.6 Å². The number of halogens is 3. The van der Waals surface area contributed by atoms with Gasteiger partial charge in [0, 0.05) is 0 Å². The fourth-order valence-electron chi connectivity index (χ4n) is 1.13. The summed E-state index contributed by atoms with van der Waals surface area (Å²) >= 11 is 5.79. The van der Waals surface area contributed by atoms with Crippen LogP contribution in [0.25, 0.3) is 0 Å². The van der Waals surface area contributed by atoms with E-state index in [2.05, 4.69) is 0 Å². The van der Waals surface area contributed by atoms with Gasteiger partial charge < -0.3 is 0 Å². The number of hydrogen-bond donors (Lipinski definition) is 1. The van der Waals surface area contributed by atoms with E-state index in [1.54, 1.807) is 23.8 Å². The molecule has 0 aliphatic heterocycles. The lowest BCUT2D eigenvalue weighted by atomic mass is 10.1. The molecule has 0 bridgehead atoms. The van der Waals surface area contributed by atoms with Crippen molar-refractivity contribution < 1.29 is 17.2 Å². The van der Waals surface area contributed by atoms with Crippen molar-refractivity contribution in [3.63, 3.8) is 0 Å². The van der Waals surface area contributed by atoms with E-state index in [1.807, 2.05) is 0 Å². The van der Waals surface area contributed by atoms with Crippen molar-refractivity contribution >= 4 is 27.3 Å². The van der Waals surface area contributed by atoms with Crippen LogP contribution in [0.5, 0.6) is 0 Å². The van der Waals surface area contributed by atoms with Gasteiger partial charge >= 0.3 is 5.76 Å². The highest BCUT2D eigenvalue weighted by Crippen LogP contribution is 2.28. The fourth-order valence-corrected chi connectivity index (χ4v) is 1.91. The quantitative estimate of drug-likeness (QED) is 0.854. The van der Waals surface area contributed by atoms with Crippen molar-refractivity contribution in [2.75, 3.05) is 4.72 Å². The number of sulfonamides is 1. The zero-order valence-corrected chi connectivity index (χ0v) is 9.90. The summed E-state index contributed by atoms with van der Waals surface area (Å²) in [7, 11) is -4.65. The van der Waals surface area contributed by atoms with Gasteiger partial charge in [0.05, 0.1) is 11.1 Å². The normalized spacial score (nSPS) is 13.8. The Morgan fingerprint density at radius 1 is 1.31 bits per heavy atom. The molecule has 3 nitrogen and oxygen atoms in total. The maximum atomic E-state index is 12.1. The molecule has 7 heteroatoms. The Bertz CT molecular complexity index is 462. The molecular formula is C9H10ClF2NO2S. The van der Waals surface area contributed by atoms with Crippen molar-refractivity contribution in [2.24, 2.45) is 0 Å². The van der Waals surface area contributed by atoms with E-state index in [0.717, 1.165) is 0 Å². The molecule has 0 saturated carbocycles. The second-order valence-corrected chi connectivity index (χ2v) is 5.42. The Hall–Kier alpha value is -0.880. The molecule has 90 valence electrons. The molecule has 0 heterocycles. The summed E-state index contributed by atoms with van der Waals surface area (Å²) in [6.45, 7) is 1.62. The van der Waals surface area contributed by atoms with Crippen LogP contribution < -0.4 is 4.72 Å². The smallest absolute Gasteiger partial charge is 0.278 e. The second-order valence-electron chi connectivity index (χ2n) is 3.11. The highest BCUT2D eigenvalue weighted by atomic mass is 35.5. The van der Waals surface area contributed by atoms with Crippen molar-refractivity contribution in [3.8, 4) is 0 Å². The van der Waals surface area contributed by atoms with Crippen LogP contribution in [0.15, 0.2) is 24.3 Å². The molecule has 0 amide bonds. The minimum Gasteiger partial charge on any atom is -0.278 e. The third kappa shape index (κ3) is 3.05. The summed E-state index contributed by atoms with van der Waals surface area (Å²) in [5.41, 5.74) is 0.527. The third-order valence-electron chi connectivity index (χ3n) is 1.88. The lowest BCUT2D eigenvalue weighted by molar-refractivity contribution is 0.236. The highest BCUT2D eigenvalue weighted by molar-refractivity contribution is 7.93. The minimum absolute atomic E-state index is 0.0744. The third-order valence-corrected chi connectivity index (χ3v) is 3.08. The van der Waals surface area contributed by atoms with Crippen molar-refractivity contribution in [2.45, 2.75) is 18.1 Å². The average molecular weight is 270 g/mol. The molecule has 0 aliphatic rings. The molecule has 0 fully saturated rings. The largest absolute Gasteiger partial charge is 0.355 e. The molecule has 0 spiro atoms. The number of benzene rings is 1. The topological polar surface area (TPSA) is 46.2 Å². The maximum absolute atomic E-state index is 12.1. The number of anilines is 1. The van der Waals surface area contributed by atoms with Crippen molar-refractivity contribution in [3.05, 3.63) is 29.8 Å². The lowest BCUT2D eigenvalue weighted by Gasteiger charge is -2.13. The van der Waals surface area contributed by atoms with E-state index in [-0.39, 0.29) is 5.69 Å². The van der Waals surface area contributed by atoms with Crippen LogP contribution in [-0.2, 0) is 10.0 Å². The van der Waals surface area contributed by atoms with Gasteiger partial charge in [0.1, 0.15) is 0 Å². The Kier molecular flexibility index (Phi) is 4.09. The summed E-state index contributed by atoms with van der Waals surface area (Å²) in [5.74, 6) is -3.47. The molecule has 16 heavy (non-hydrogen) atoms. The van der Waals surface area contributed by atoms with E-state index >= 15 is 0 Å². The van der Waals surface area contributed by atoms with Crippen molar-refractivity contribution in [1.82, 2.24) is 0 Å². The van der Waals surface area contributed by atoms with Crippen LogP contribution in [0.3, 0.4) is 0 Å². The number of hydrogen-bond acceptors (Lipinski definition) is 2. The molecule has 0 aromatic heterocycles. The SMILES string of the molecule is CC(Cl)c1ccccc1NS(=O)(=O)C(F)F. The number of nitrogens with one attached hydrogen (secondary N) is 1. The molecule has 0 saturated heterocycles. The van der Waals surface area contributed by atoms with Gasteiger partial charge in [-0.15, -0.1) is 11.6 Å². The monoisotopic (exact) mass is 269 g/mol. The van der Waals surface area contributed by atoms with Crippen LogP contribution >= 0.6 is 11.6 Å². The molecule has 0 aliphatic carbocycles. The van der Waals surface area contributed by atoms with E-state index in [1.165, 1.54) is 12.1 Å². The zero-order chi connectivity index (χ0) is 12.3. The van der Waals surface area contributed by atoms with E-state index in [9.17, 15) is 17.2 Å². The molecule has 1 unspecified atom stereocenters.